The fourth-order valence-corrected chi connectivity index (χ4v) is 3.03. The van der Waals surface area contributed by atoms with Crippen molar-refractivity contribution in [3.63, 3.8) is 0 Å². The molecule has 0 aliphatic carbocycles. The number of nitrogens with two attached hydrogens (primary N) is 1. The van der Waals surface area contributed by atoms with Crippen LogP contribution in [0.5, 0.6) is 5.75 Å². The number of rotatable bonds is 8. The van der Waals surface area contributed by atoms with Crippen molar-refractivity contribution in [2.75, 3.05) is 12.4 Å². The third kappa shape index (κ3) is 6.28. The molecule has 0 radical (unpaired) electrons. The molecule has 1 rings (SSSR count). The molecule has 0 aliphatic heterocycles. The molecule has 0 aromatic heterocycles. The fourth-order valence-electron chi connectivity index (χ4n) is 1.88. The van der Waals surface area contributed by atoms with E-state index in [2.05, 4.69) is 0 Å². The van der Waals surface area contributed by atoms with Gasteiger partial charge < -0.3 is 4.74 Å². The molecule has 1 aromatic carbocycles. The molecule has 7 nitrogen and oxygen atoms in total. The molecule has 0 heterocycles. The molecule has 21 heavy (non-hydrogen) atoms. The predicted octanol–water partition coefficient (Wildman–Crippen LogP) is 2.33. The zero-order chi connectivity index (χ0) is 16.0. The number of nitrogens with zero attached hydrogens (tertiary/aromatic N) is 1. The summed E-state index contributed by atoms with van der Waals surface area (Å²) in [5, 5.41) is 15.7. The highest BCUT2D eigenvalue weighted by Crippen LogP contribution is 2.29. The lowest BCUT2D eigenvalue weighted by Gasteiger charge is -2.16. The van der Waals surface area contributed by atoms with Gasteiger partial charge in [0.1, 0.15) is 5.75 Å². The van der Waals surface area contributed by atoms with E-state index >= 15 is 0 Å². The molecule has 0 spiro atoms. The van der Waals surface area contributed by atoms with Crippen LogP contribution in [0.25, 0.3) is 0 Å². The van der Waals surface area contributed by atoms with E-state index < -0.39 is 14.9 Å². The molecule has 0 aliphatic rings. The number of hydrogen-bond acceptors (Lipinski definition) is 5. The van der Waals surface area contributed by atoms with Crippen molar-refractivity contribution >= 4 is 27.3 Å². The van der Waals surface area contributed by atoms with Crippen LogP contribution in [0, 0.1) is 16.0 Å². The van der Waals surface area contributed by atoms with Crippen LogP contribution >= 0.6 is 11.6 Å². The van der Waals surface area contributed by atoms with E-state index in [0.29, 0.717) is 6.42 Å². The topological polar surface area (TPSA) is 113 Å². The summed E-state index contributed by atoms with van der Waals surface area (Å²) in [4.78, 5) is 10.0. The second-order valence-corrected chi connectivity index (χ2v) is 6.73. The van der Waals surface area contributed by atoms with E-state index in [-0.39, 0.29) is 34.7 Å². The number of halogens is 1. The van der Waals surface area contributed by atoms with Gasteiger partial charge in [0.25, 0.3) is 5.69 Å². The summed E-state index contributed by atoms with van der Waals surface area (Å²) in [6.45, 7) is 2.05. The largest absolute Gasteiger partial charge is 0.492 e. The van der Waals surface area contributed by atoms with Crippen LogP contribution in [-0.4, -0.2) is 25.7 Å². The monoisotopic (exact) mass is 336 g/mol. The van der Waals surface area contributed by atoms with Crippen molar-refractivity contribution in [2.45, 2.75) is 19.8 Å². The molecule has 0 saturated carbocycles. The highest BCUT2D eigenvalue weighted by molar-refractivity contribution is 7.89. The van der Waals surface area contributed by atoms with Crippen molar-refractivity contribution in [1.82, 2.24) is 0 Å². The minimum atomic E-state index is -3.58. The minimum absolute atomic E-state index is 0.107. The molecule has 0 saturated heterocycles. The number of benzene rings is 1. The Morgan fingerprint density at radius 3 is 2.62 bits per heavy atom. The number of ether oxygens (including phenoxy) is 1. The summed E-state index contributed by atoms with van der Waals surface area (Å²) in [7, 11) is -3.58. The Labute approximate surface area is 128 Å². The number of primary sulfonamides is 1. The number of nitro groups is 1. The van der Waals surface area contributed by atoms with Gasteiger partial charge in [0.05, 0.1) is 22.3 Å². The highest BCUT2D eigenvalue weighted by Gasteiger charge is 2.17. The molecule has 0 fully saturated rings. The fraction of sp³-hybridized carbons (Fsp3) is 0.500. The first-order chi connectivity index (χ1) is 9.73. The maximum atomic E-state index is 11.1. The van der Waals surface area contributed by atoms with Crippen LogP contribution in [0.1, 0.15) is 19.8 Å². The van der Waals surface area contributed by atoms with Gasteiger partial charge >= 0.3 is 0 Å². The van der Waals surface area contributed by atoms with E-state index in [0.717, 1.165) is 6.42 Å². The second-order valence-electron chi connectivity index (χ2n) is 4.67. The van der Waals surface area contributed by atoms with Gasteiger partial charge in [-0.1, -0.05) is 24.9 Å². The standard InChI is InChI=1S/C12H17ClN2O5S/c1-2-3-9(8-21(14,18)19)7-20-12-5-4-10(15(16)17)6-11(12)13/h4-6,9H,2-3,7-8H2,1H3,(H2,14,18,19). The van der Waals surface area contributed by atoms with Gasteiger partial charge in [0, 0.05) is 18.1 Å². The number of sulfonamides is 1. The van der Waals surface area contributed by atoms with E-state index in [1.807, 2.05) is 6.92 Å². The Balaban J connectivity index is 2.73. The minimum Gasteiger partial charge on any atom is -0.492 e. The van der Waals surface area contributed by atoms with Crippen LogP contribution in [0.15, 0.2) is 18.2 Å². The molecule has 9 heteroatoms. The summed E-state index contributed by atoms with van der Waals surface area (Å²) >= 11 is 5.89. The van der Waals surface area contributed by atoms with Crippen molar-refractivity contribution in [1.29, 1.82) is 0 Å². The van der Waals surface area contributed by atoms with Gasteiger partial charge in [-0.25, -0.2) is 13.6 Å². The van der Waals surface area contributed by atoms with E-state index in [1.54, 1.807) is 0 Å². The summed E-state index contributed by atoms with van der Waals surface area (Å²) in [5.41, 5.74) is -0.137. The molecular weight excluding hydrogens is 320 g/mol. The van der Waals surface area contributed by atoms with Crippen LogP contribution in [0.2, 0.25) is 5.02 Å². The number of hydrogen-bond donors (Lipinski definition) is 1. The van der Waals surface area contributed by atoms with Gasteiger partial charge in [-0.2, -0.15) is 0 Å². The smallest absolute Gasteiger partial charge is 0.271 e. The molecule has 2 N–H and O–H groups in total. The average molecular weight is 337 g/mol. The summed E-state index contributed by atoms with van der Waals surface area (Å²) < 4.78 is 27.7. The van der Waals surface area contributed by atoms with E-state index in [9.17, 15) is 18.5 Å². The zero-order valence-electron chi connectivity index (χ0n) is 11.5. The molecule has 0 amide bonds. The van der Waals surface area contributed by atoms with Crippen LogP contribution in [0.4, 0.5) is 5.69 Å². The second kappa shape index (κ2) is 7.58. The van der Waals surface area contributed by atoms with E-state index in [1.165, 1.54) is 18.2 Å². The van der Waals surface area contributed by atoms with Gasteiger partial charge in [-0.15, -0.1) is 0 Å². The van der Waals surface area contributed by atoms with Gasteiger partial charge in [-0.05, 0) is 12.5 Å². The molecule has 0 bridgehead atoms. The molecule has 1 aromatic rings. The van der Waals surface area contributed by atoms with Crippen molar-refractivity contribution in [3.05, 3.63) is 33.3 Å². The number of nitro benzene ring substituents is 1. The Kier molecular flexibility index (Phi) is 6.38. The average Bonchev–Trinajstić information content (AvgIpc) is 2.35. The highest BCUT2D eigenvalue weighted by atomic mass is 35.5. The summed E-state index contributed by atoms with van der Waals surface area (Å²) in [5.74, 6) is -0.153. The molecule has 1 unspecified atom stereocenters. The van der Waals surface area contributed by atoms with Crippen LogP contribution in [-0.2, 0) is 10.0 Å². The van der Waals surface area contributed by atoms with Crippen molar-refractivity contribution in [3.8, 4) is 5.75 Å². The molecule has 118 valence electrons. The lowest BCUT2D eigenvalue weighted by Crippen LogP contribution is -2.27. The van der Waals surface area contributed by atoms with Gasteiger partial charge in [0.15, 0.2) is 0 Å². The lowest BCUT2D eigenvalue weighted by atomic mass is 10.1. The zero-order valence-corrected chi connectivity index (χ0v) is 13.1. The lowest BCUT2D eigenvalue weighted by molar-refractivity contribution is -0.384. The van der Waals surface area contributed by atoms with Gasteiger partial charge in [-0.3, -0.25) is 10.1 Å². The quantitative estimate of drug-likeness (QED) is 0.578. The Hall–Kier alpha value is -1.38. The normalized spacial score (nSPS) is 12.9. The van der Waals surface area contributed by atoms with Crippen molar-refractivity contribution < 1.29 is 18.1 Å². The van der Waals surface area contributed by atoms with E-state index in [4.69, 9.17) is 21.5 Å². The summed E-state index contributed by atoms with van der Waals surface area (Å²) in [6.07, 6.45) is 1.43. The third-order valence-corrected chi connectivity index (χ3v) is 4.00. The SMILES string of the molecule is CCCC(COc1ccc([N+](=O)[O-])cc1Cl)CS(N)(=O)=O. The third-order valence-electron chi connectivity index (χ3n) is 2.77. The first-order valence-electron chi connectivity index (χ1n) is 6.30. The van der Waals surface area contributed by atoms with Gasteiger partial charge in [0.2, 0.25) is 10.0 Å². The summed E-state index contributed by atoms with van der Waals surface area (Å²) in [6, 6.07) is 3.85. The van der Waals surface area contributed by atoms with Crippen LogP contribution < -0.4 is 9.88 Å². The first-order valence-corrected chi connectivity index (χ1v) is 8.39. The molecular formula is C12H17ClN2O5S. The van der Waals surface area contributed by atoms with Crippen LogP contribution in [0.3, 0.4) is 0 Å². The van der Waals surface area contributed by atoms with Crippen molar-refractivity contribution in [2.24, 2.45) is 11.1 Å². The Morgan fingerprint density at radius 1 is 1.48 bits per heavy atom. The Morgan fingerprint density at radius 2 is 2.14 bits per heavy atom. The Bertz CT molecular complexity index is 606. The number of non-ortho nitro benzene ring substituents is 1. The molecule has 1 atom stereocenters. The predicted molar refractivity (Wildman–Crippen MR) is 80.0 cm³/mol. The first kappa shape index (κ1) is 17.7. The maximum absolute atomic E-state index is 11.1. The maximum Gasteiger partial charge on any atom is 0.271 e.